The van der Waals surface area contributed by atoms with Crippen molar-refractivity contribution in [3.63, 3.8) is 0 Å². The minimum Gasteiger partial charge on any atom is -0.497 e. The summed E-state index contributed by atoms with van der Waals surface area (Å²) in [4.78, 5) is 28.0. The Bertz CT molecular complexity index is 1030. The van der Waals surface area contributed by atoms with E-state index in [4.69, 9.17) is 4.74 Å². The van der Waals surface area contributed by atoms with Gasteiger partial charge in [-0.1, -0.05) is 50.6 Å². The van der Waals surface area contributed by atoms with E-state index in [-0.39, 0.29) is 12.5 Å². The lowest BCUT2D eigenvalue weighted by Crippen LogP contribution is -2.52. The maximum Gasteiger partial charge on any atom is 0.244 e. The van der Waals surface area contributed by atoms with Crippen LogP contribution in [0.25, 0.3) is 0 Å². The first-order chi connectivity index (χ1) is 16.2. The van der Waals surface area contributed by atoms with Crippen molar-refractivity contribution in [3.05, 3.63) is 60.2 Å². The van der Waals surface area contributed by atoms with Gasteiger partial charge < -0.3 is 15.0 Å². The molecule has 2 amide bonds. The average Bonchev–Trinajstić information content (AvgIpc) is 2.82. The first kappa shape index (κ1) is 27.2. The second-order valence-electron chi connectivity index (χ2n) is 8.04. The maximum atomic E-state index is 13.6. The normalized spacial score (nSPS) is 12.0. The molecule has 186 valence electrons. The summed E-state index contributed by atoms with van der Waals surface area (Å²) in [7, 11) is -2.25. The molecule has 0 fully saturated rings. The van der Waals surface area contributed by atoms with Crippen LogP contribution < -0.4 is 14.4 Å². The molecule has 0 saturated heterocycles. The Kier molecular flexibility index (Phi) is 10.4. The van der Waals surface area contributed by atoms with Crippen molar-refractivity contribution in [3.8, 4) is 5.75 Å². The Hall–Kier alpha value is -3.07. The van der Waals surface area contributed by atoms with Crippen LogP contribution in [0.2, 0.25) is 0 Å². The van der Waals surface area contributed by atoms with Crippen molar-refractivity contribution in [2.75, 3.05) is 30.8 Å². The van der Waals surface area contributed by atoms with Crippen LogP contribution in [0.5, 0.6) is 5.75 Å². The molecule has 0 aliphatic heterocycles. The maximum absolute atomic E-state index is 13.6. The number of benzene rings is 2. The van der Waals surface area contributed by atoms with Crippen LogP contribution in [0.1, 0.15) is 38.7 Å². The molecular formula is C25H35N3O5S. The number of anilines is 1. The highest BCUT2D eigenvalue weighted by Gasteiger charge is 2.31. The van der Waals surface area contributed by atoms with Crippen LogP contribution in [-0.2, 0) is 26.2 Å². The highest BCUT2D eigenvalue weighted by atomic mass is 32.2. The molecule has 1 atom stereocenters. The fourth-order valence-electron chi connectivity index (χ4n) is 3.57. The summed E-state index contributed by atoms with van der Waals surface area (Å²) in [5.41, 5.74) is 1.20. The second kappa shape index (κ2) is 13.0. The van der Waals surface area contributed by atoms with Crippen LogP contribution in [0.4, 0.5) is 5.69 Å². The quantitative estimate of drug-likeness (QED) is 0.436. The summed E-state index contributed by atoms with van der Waals surface area (Å²) >= 11 is 0. The molecule has 2 rings (SSSR count). The number of unbranched alkanes of at least 4 members (excludes halogenated alkanes) is 1. The molecule has 0 spiro atoms. The van der Waals surface area contributed by atoms with Gasteiger partial charge in [-0.25, -0.2) is 8.42 Å². The first-order valence-corrected chi connectivity index (χ1v) is 13.3. The molecular weight excluding hydrogens is 454 g/mol. The Balaban J connectivity index is 2.36. The number of ether oxygens (including phenoxy) is 1. The van der Waals surface area contributed by atoms with Crippen LogP contribution >= 0.6 is 0 Å². The van der Waals surface area contributed by atoms with Crippen molar-refractivity contribution < 1.29 is 22.7 Å². The van der Waals surface area contributed by atoms with Crippen LogP contribution in [-0.4, -0.2) is 57.6 Å². The van der Waals surface area contributed by atoms with Gasteiger partial charge in [-0.3, -0.25) is 13.9 Å². The lowest BCUT2D eigenvalue weighted by molar-refractivity contribution is -0.140. The van der Waals surface area contributed by atoms with Gasteiger partial charge in [0.2, 0.25) is 21.8 Å². The number of methoxy groups -OCH3 is 1. The van der Waals surface area contributed by atoms with E-state index in [2.05, 4.69) is 5.32 Å². The van der Waals surface area contributed by atoms with Crippen molar-refractivity contribution in [1.29, 1.82) is 0 Å². The van der Waals surface area contributed by atoms with E-state index >= 15 is 0 Å². The first-order valence-electron chi connectivity index (χ1n) is 11.4. The smallest absolute Gasteiger partial charge is 0.244 e. The predicted molar refractivity (Wildman–Crippen MR) is 134 cm³/mol. The van der Waals surface area contributed by atoms with Crippen molar-refractivity contribution in [2.24, 2.45) is 0 Å². The fraction of sp³-hybridized carbons (Fsp3) is 0.440. The minimum absolute atomic E-state index is 0.194. The molecule has 2 aromatic rings. The van der Waals surface area contributed by atoms with Crippen LogP contribution in [0, 0.1) is 0 Å². The minimum atomic E-state index is -3.76. The molecule has 34 heavy (non-hydrogen) atoms. The van der Waals surface area contributed by atoms with E-state index in [1.54, 1.807) is 24.3 Å². The standard InChI is InChI=1S/C25H35N3O5S/c1-5-7-17-26-25(30)23(6-2)27(18-20-11-9-8-10-12-20)24(29)19-28(34(4,31)32)21-13-15-22(33-3)16-14-21/h8-16,23H,5-7,17-19H2,1-4H3,(H,26,30)/t23-/m1/s1. The van der Waals surface area contributed by atoms with E-state index in [0.717, 1.165) is 29.0 Å². The summed E-state index contributed by atoms with van der Waals surface area (Å²) in [6, 6.07) is 15.1. The van der Waals surface area contributed by atoms with Gasteiger partial charge in [0.25, 0.3) is 0 Å². The van der Waals surface area contributed by atoms with E-state index < -0.39 is 28.5 Å². The number of rotatable bonds is 13. The number of nitrogens with zero attached hydrogens (tertiary/aromatic N) is 2. The van der Waals surface area contributed by atoms with Crippen molar-refractivity contribution in [1.82, 2.24) is 10.2 Å². The highest BCUT2D eigenvalue weighted by molar-refractivity contribution is 7.92. The summed E-state index contributed by atoms with van der Waals surface area (Å²) in [6.07, 6.45) is 3.24. The molecule has 1 N–H and O–H groups in total. The number of nitrogens with one attached hydrogen (secondary N) is 1. The molecule has 9 heteroatoms. The van der Waals surface area contributed by atoms with Gasteiger partial charge in [-0.05, 0) is 42.7 Å². The van der Waals surface area contributed by atoms with E-state index in [1.165, 1.54) is 12.0 Å². The van der Waals surface area contributed by atoms with Gasteiger partial charge in [0.1, 0.15) is 18.3 Å². The number of sulfonamides is 1. The molecule has 0 aliphatic carbocycles. The van der Waals surface area contributed by atoms with Gasteiger partial charge in [0.05, 0.1) is 19.1 Å². The number of carbonyl (C=O) groups is 2. The Morgan fingerprint density at radius 2 is 1.68 bits per heavy atom. The Labute approximate surface area is 202 Å². The summed E-state index contributed by atoms with van der Waals surface area (Å²) in [5, 5.41) is 2.91. The Morgan fingerprint density at radius 1 is 1.03 bits per heavy atom. The molecule has 0 bridgehead atoms. The SMILES string of the molecule is CCCCNC(=O)[C@@H](CC)N(Cc1ccccc1)C(=O)CN(c1ccc(OC)cc1)S(C)(=O)=O. The fourth-order valence-corrected chi connectivity index (χ4v) is 4.42. The van der Waals surface area contributed by atoms with E-state index in [9.17, 15) is 18.0 Å². The van der Waals surface area contributed by atoms with Crippen molar-refractivity contribution in [2.45, 2.75) is 45.7 Å². The lowest BCUT2D eigenvalue weighted by Gasteiger charge is -2.33. The van der Waals surface area contributed by atoms with Gasteiger partial charge in [-0.2, -0.15) is 0 Å². The van der Waals surface area contributed by atoms with Gasteiger partial charge >= 0.3 is 0 Å². The van der Waals surface area contributed by atoms with Crippen LogP contribution in [0.3, 0.4) is 0 Å². The van der Waals surface area contributed by atoms with Gasteiger partial charge in [0.15, 0.2) is 0 Å². The molecule has 0 saturated carbocycles. The largest absolute Gasteiger partial charge is 0.497 e. The molecule has 2 aromatic carbocycles. The predicted octanol–water partition coefficient (Wildman–Crippen LogP) is 3.18. The summed E-state index contributed by atoms with van der Waals surface area (Å²) < 4.78 is 31.4. The molecule has 0 aromatic heterocycles. The zero-order chi connectivity index (χ0) is 25.1. The third kappa shape index (κ3) is 7.76. The van der Waals surface area contributed by atoms with Crippen LogP contribution in [0.15, 0.2) is 54.6 Å². The molecule has 0 heterocycles. The second-order valence-corrected chi connectivity index (χ2v) is 9.95. The van der Waals surface area contributed by atoms with E-state index in [1.807, 2.05) is 44.2 Å². The lowest BCUT2D eigenvalue weighted by atomic mass is 10.1. The zero-order valence-corrected chi connectivity index (χ0v) is 21.2. The number of hydrogen-bond donors (Lipinski definition) is 1. The van der Waals surface area contributed by atoms with E-state index in [0.29, 0.717) is 24.4 Å². The number of amides is 2. The van der Waals surface area contributed by atoms with Gasteiger partial charge in [0, 0.05) is 13.1 Å². The molecule has 0 unspecified atom stereocenters. The zero-order valence-electron chi connectivity index (χ0n) is 20.4. The number of carbonyl (C=O) groups excluding carboxylic acids is 2. The molecule has 0 aliphatic rings. The van der Waals surface area contributed by atoms with Gasteiger partial charge in [-0.15, -0.1) is 0 Å². The highest BCUT2D eigenvalue weighted by Crippen LogP contribution is 2.22. The monoisotopic (exact) mass is 489 g/mol. The summed E-state index contributed by atoms with van der Waals surface area (Å²) in [5.74, 6) is -0.123. The molecule has 8 nitrogen and oxygen atoms in total. The third-order valence-corrected chi connectivity index (χ3v) is 6.59. The Morgan fingerprint density at radius 3 is 2.21 bits per heavy atom. The topological polar surface area (TPSA) is 96.0 Å². The number of hydrogen-bond acceptors (Lipinski definition) is 5. The molecule has 0 radical (unpaired) electrons. The third-order valence-electron chi connectivity index (χ3n) is 5.45. The van der Waals surface area contributed by atoms with Crippen molar-refractivity contribution >= 4 is 27.5 Å². The average molecular weight is 490 g/mol. The summed E-state index contributed by atoms with van der Waals surface area (Å²) in [6.45, 7) is 4.18.